The van der Waals surface area contributed by atoms with Gasteiger partial charge in [-0.15, -0.1) is 0 Å². The van der Waals surface area contributed by atoms with Crippen LogP contribution in [-0.2, 0) is 6.54 Å². The van der Waals surface area contributed by atoms with Gasteiger partial charge in [0.15, 0.2) is 0 Å². The smallest absolute Gasteiger partial charge is 0.292 e. The summed E-state index contributed by atoms with van der Waals surface area (Å²) in [4.78, 5) is 17.0. The second-order valence-corrected chi connectivity index (χ2v) is 7.49. The maximum atomic E-state index is 13.6. The van der Waals surface area contributed by atoms with Crippen molar-refractivity contribution in [3.63, 3.8) is 0 Å². The average Bonchev–Trinajstić information content (AvgIpc) is 2.77. The highest BCUT2D eigenvalue weighted by Gasteiger charge is 2.22. The predicted octanol–water partition coefficient (Wildman–Crippen LogP) is 3.36. The molecule has 6 nitrogen and oxygen atoms in total. The zero-order valence-electron chi connectivity index (χ0n) is 16.6. The molecule has 156 valence electrons. The number of ether oxygens (including phenoxy) is 1. The molecule has 0 atom stereocenters. The van der Waals surface area contributed by atoms with Gasteiger partial charge in [-0.2, -0.15) is 9.78 Å². The van der Waals surface area contributed by atoms with Crippen LogP contribution in [0.3, 0.4) is 0 Å². The summed E-state index contributed by atoms with van der Waals surface area (Å²) in [5.41, 5.74) is 1.78. The number of para-hydroxylation sites is 1. The number of hydrogen-bond donors (Lipinski definition) is 0. The molecule has 1 aromatic heterocycles. The molecule has 1 fully saturated rings. The van der Waals surface area contributed by atoms with Crippen molar-refractivity contribution >= 4 is 17.3 Å². The van der Waals surface area contributed by atoms with Gasteiger partial charge in [0.25, 0.3) is 5.56 Å². The molecule has 4 rings (SSSR count). The molecule has 0 aliphatic carbocycles. The molecule has 1 aliphatic rings. The number of methoxy groups -OCH3 is 1. The molecular formula is C22H22ClFN4O2. The summed E-state index contributed by atoms with van der Waals surface area (Å²) in [5, 5.41) is 4.47. The van der Waals surface area contributed by atoms with Gasteiger partial charge in [0.05, 0.1) is 24.7 Å². The second-order valence-electron chi connectivity index (χ2n) is 7.12. The van der Waals surface area contributed by atoms with E-state index >= 15 is 0 Å². The largest absolute Gasteiger partial charge is 0.496 e. The standard InChI is InChI=1S/C22H22ClFN4O2/c1-30-20-8-7-17(24)13-16(20)15-26-9-11-27(12-10-26)19-14-25-28(22(29)21(19)23)18-5-3-2-4-6-18/h2-8,13-14H,9-12,15H2,1H3. The van der Waals surface area contributed by atoms with Crippen molar-refractivity contribution in [2.45, 2.75) is 6.54 Å². The topological polar surface area (TPSA) is 50.6 Å². The Labute approximate surface area is 179 Å². The van der Waals surface area contributed by atoms with Gasteiger partial charge in [0.1, 0.15) is 16.6 Å². The van der Waals surface area contributed by atoms with Gasteiger partial charge in [-0.3, -0.25) is 9.69 Å². The fourth-order valence-electron chi connectivity index (χ4n) is 3.66. The average molecular weight is 429 g/mol. The summed E-state index contributed by atoms with van der Waals surface area (Å²) in [6.45, 7) is 3.47. The molecular weight excluding hydrogens is 407 g/mol. The quantitative estimate of drug-likeness (QED) is 0.623. The molecule has 0 N–H and O–H groups in total. The number of hydrogen-bond acceptors (Lipinski definition) is 5. The molecule has 0 spiro atoms. The van der Waals surface area contributed by atoms with Crippen LogP contribution in [0.15, 0.2) is 59.5 Å². The highest BCUT2D eigenvalue weighted by molar-refractivity contribution is 6.33. The lowest BCUT2D eigenvalue weighted by Gasteiger charge is -2.36. The number of piperazine rings is 1. The number of nitrogens with zero attached hydrogens (tertiary/aromatic N) is 4. The highest BCUT2D eigenvalue weighted by Crippen LogP contribution is 2.25. The van der Waals surface area contributed by atoms with Crippen LogP contribution in [0.4, 0.5) is 10.1 Å². The van der Waals surface area contributed by atoms with Crippen molar-refractivity contribution in [3.05, 3.63) is 81.5 Å². The third kappa shape index (κ3) is 4.17. The van der Waals surface area contributed by atoms with E-state index in [1.165, 1.54) is 16.8 Å². The number of anilines is 1. The lowest BCUT2D eigenvalue weighted by Crippen LogP contribution is -2.46. The van der Waals surface area contributed by atoms with Crippen LogP contribution >= 0.6 is 11.6 Å². The maximum Gasteiger partial charge on any atom is 0.292 e. The summed E-state index contributed by atoms with van der Waals surface area (Å²) < 4.78 is 20.3. The van der Waals surface area contributed by atoms with Crippen LogP contribution < -0.4 is 15.2 Å². The molecule has 0 bridgehead atoms. The Kier molecular flexibility index (Phi) is 6.01. The van der Waals surface area contributed by atoms with E-state index < -0.39 is 0 Å². The number of benzene rings is 2. The SMILES string of the molecule is COc1ccc(F)cc1CN1CCN(c2cnn(-c3ccccc3)c(=O)c2Cl)CC1. The fraction of sp³-hybridized carbons (Fsp3) is 0.273. The van der Waals surface area contributed by atoms with Crippen LogP contribution in [0.1, 0.15) is 5.56 Å². The molecule has 0 radical (unpaired) electrons. The van der Waals surface area contributed by atoms with Gasteiger partial charge in [0, 0.05) is 38.3 Å². The first-order chi connectivity index (χ1) is 14.6. The van der Waals surface area contributed by atoms with Crippen molar-refractivity contribution in [2.24, 2.45) is 0 Å². The van der Waals surface area contributed by atoms with Crippen molar-refractivity contribution in [2.75, 3.05) is 38.2 Å². The van der Waals surface area contributed by atoms with E-state index in [-0.39, 0.29) is 16.4 Å². The first-order valence-corrected chi connectivity index (χ1v) is 10.1. The molecule has 8 heteroatoms. The molecule has 2 heterocycles. The van der Waals surface area contributed by atoms with Gasteiger partial charge in [-0.1, -0.05) is 29.8 Å². The number of halogens is 2. The van der Waals surface area contributed by atoms with E-state index in [0.29, 0.717) is 36.8 Å². The van der Waals surface area contributed by atoms with Crippen LogP contribution in [0.5, 0.6) is 5.75 Å². The summed E-state index contributed by atoms with van der Waals surface area (Å²) in [6.07, 6.45) is 1.64. The summed E-state index contributed by atoms with van der Waals surface area (Å²) in [7, 11) is 1.58. The van der Waals surface area contributed by atoms with E-state index in [4.69, 9.17) is 16.3 Å². The lowest BCUT2D eigenvalue weighted by molar-refractivity contribution is 0.245. The highest BCUT2D eigenvalue weighted by atomic mass is 35.5. The zero-order valence-corrected chi connectivity index (χ0v) is 17.3. The third-order valence-corrected chi connectivity index (χ3v) is 5.61. The number of aromatic nitrogens is 2. The van der Waals surface area contributed by atoms with Gasteiger partial charge < -0.3 is 9.64 Å². The van der Waals surface area contributed by atoms with Crippen LogP contribution in [0, 0.1) is 5.82 Å². The van der Waals surface area contributed by atoms with Crippen molar-refractivity contribution in [1.29, 1.82) is 0 Å². The minimum Gasteiger partial charge on any atom is -0.496 e. The lowest BCUT2D eigenvalue weighted by atomic mass is 10.1. The Bertz CT molecular complexity index is 1080. The molecule has 0 saturated carbocycles. The summed E-state index contributed by atoms with van der Waals surface area (Å²) in [6, 6.07) is 13.7. The van der Waals surface area contributed by atoms with Crippen molar-refractivity contribution in [3.8, 4) is 11.4 Å². The molecule has 0 unspecified atom stereocenters. The fourth-order valence-corrected chi connectivity index (χ4v) is 3.90. The molecule has 1 saturated heterocycles. The van der Waals surface area contributed by atoms with E-state index in [1.807, 2.05) is 30.3 Å². The first kappa shape index (κ1) is 20.4. The van der Waals surface area contributed by atoms with Crippen LogP contribution in [0.2, 0.25) is 5.02 Å². The van der Waals surface area contributed by atoms with E-state index in [1.54, 1.807) is 19.4 Å². The zero-order chi connectivity index (χ0) is 21.1. The number of rotatable bonds is 5. The summed E-state index contributed by atoms with van der Waals surface area (Å²) >= 11 is 6.42. The first-order valence-electron chi connectivity index (χ1n) is 9.70. The van der Waals surface area contributed by atoms with E-state index in [9.17, 15) is 9.18 Å². The van der Waals surface area contributed by atoms with Gasteiger partial charge in [-0.05, 0) is 30.3 Å². The van der Waals surface area contributed by atoms with Crippen molar-refractivity contribution in [1.82, 2.24) is 14.7 Å². The molecule has 1 aliphatic heterocycles. The second kappa shape index (κ2) is 8.85. The molecule has 0 amide bonds. The van der Waals surface area contributed by atoms with E-state index in [0.717, 1.165) is 18.7 Å². The van der Waals surface area contributed by atoms with Crippen molar-refractivity contribution < 1.29 is 9.13 Å². The summed E-state index contributed by atoms with van der Waals surface area (Å²) in [5.74, 6) is 0.400. The van der Waals surface area contributed by atoms with E-state index in [2.05, 4.69) is 14.9 Å². The Morgan fingerprint density at radius 2 is 1.83 bits per heavy atom. The monoisotopic (exact) mass is 428 g/mol. The third-order valence-electron chi connectivity index (χ3n) is 5.25. The Morgan fingerprint density at radius 1 is 1.10 bits per heavy atom. The van der Waals surface area contributed by atoms with Crippen LogP contribution in [-0.4, -0.2) is 48.0 Å². The molecule has 3 aromatic rings. The minimum absolute atomic E-state index is 0.161. The van der Waals surface area contributed by atoms with Gasteiger partial charge >= 0.3 is 0 Å². The van der Waals surface area contributed by atoms with Gasteiger partial charge in [0.2, 0.25) is 0 Å². The molecule has 30 heavy (non-hydrogen) atoms. The Morgan fingerprint density at radius 3 is 2.53 bits per heavy atom. The maximum absolute atomic E-state index is 13.6. The minimum atomic E-state index is -0.340. The normalized spacial score (nSPS) is 14.7. The predicted molar refractivity (Wildman–Crippen MR) is 115 cm³/mol. The Balaban J connectivity index is 1.46. The van der Waals surface area contributed by atoms with Gasteiger partial charge in [-0.25, -0.2) is 4.39 Å². The molecule has 2 aromatic carbocycles. The van der Waals surface area contributed by atoms with Crippen LogP contribution in [0.25, 0.3) is 5.69 Å². The Hall–Kier alpha value is -2.90.